The number of anilines is 1. The molecule has 0 saturated heterocycles. The van der Waals surface area contributed by atoms with Gasteiger partial charge in [-0.25, -0.2) is 0 Å². The third kappa shape index (κ3) is 3.58. The lowest BCUT2D eigenvalue weighted by molar-refractivity contribution is 0.0822. The molecule has 4 nitrogen and oxygen atoms in total. The largest absolute Gasteiger partial charge is 0.489 e. The first-order valence-corrected chi connectivity index (χ1v) is 6.52. The molecule has 0 spiro atoms. The van der Waals surface area contributed by atoms with E-state index in [2.05, 4.69) is 18.8 Å². The first-order valence-electron chi connectivity index (χ1n) is 6.52. The van der Waals surface area contributed by atoms with Gasteiger partial charge < -0.3 is 15.2 Å². The number of fused-ring (bicyclic) bond motifs is 1. The molecule has 0 aliphatic heterocycles. The molecule has 1 heterocycles. The molecule has 0 atom stereocenters. The quantitative estimate of drug-likeness (QED) is 0.641. The van der Waals surface area contributed by atoms with Gasteiger partial charge in [0.05, 0.1) is 6.61 Å². The van der Waals surface area contributed by atoms with E-state index in [0.717, 1.165) is 23.3 Å². The monoisotopic (exact) mass is 260 g/mol. The Labute approximate surface area is 113 Å². The van der Waals surface area contributed by atoms with Crippen molar-refractivity contribution in [1.82, 2.24) is 4.98 Å². The standard InChI is InChI=1S/C15H20N2O2/c1-11(2)10-18-8-9-19-14-6-5-13(16)12-4-3-7-17-15(12)14/h3-7,11H,8-10,16H2,1-2H3. The van der Waals surface area contributed by atoms with Crippen LogP contribution in [0, 0.1) is 5.92 Å². The molecule has 0 unspecified atom stereocenters. The molecule has 0 aliphatic rings. The summed E-state index contributed by atoms with van der Waals surface area (Å²) in [7, 11) is 0. The fourth-order valence-electron chi connectivity index (χ4n) is 1.81. The highest BCUT2D eigenvalue weighted by molar-refractivity contribution is 5.94. The van der Waals surface area contributed by atoms with Gasteiger partial charge >= 0.3 is 0 Å². The Morgan fingerprint density at radius 1 is 1.21 bits per heavy atom. The van der Waals surface area contributed by atoms with Crippen LogP contribution in [0.4, 0.5) is 5.69 Å². The number of ether oxygens (including phenoxy) is 2. The molecule has 0 fully saturated rings. The summed E-state index contributed by atoms with van der Waals surface area (Å²) in [6, 6.07) is 7.51. The van der Waals surface area contributed by atoms with Crippen molar-refractivity contribution in [3.8, 4) is 5.75 Å². The molecule has 4 heteroatoms. The lowest BCUT2D eigenvalue weighted by Gasteiger charge is -2.11. The average molecular weight is 260 g/mol. The zero-order valence-corrected chi connectivity index (χ0v) is 11.4. The van der Waals surface area contributed by atoms with E-state index in [4.69, 9.17) is 15.2 Å². The van der Waals surface area contributed by atoms with E-state index in [1.807, 2.05) is 24.3 Å². The van der Waals surface area contributed by atoms with Crippen LogP contribution < -0.4 is 10.5 Å². The zero-order chi connectivity index (χ0) is 13.7. The van der Waals surface area contributed by atoms with Crippen molar-refractivity contribution in [2.24, 2.45) is 5.92 Å². The Morgan fingerprint density at radius 2 is 2.05 bits per heavy atom. The predicted molar refractivity (Wildman–Crippen MR) is 77.3 cm³/mol. The molecule has 19 heavy (non-hydrogen) atoms. The van der Waals surface area contributed by atoms with Crippen LogP contribution in [0.5, 0.6) is 5.75 Å². The summed E-state index contributed by atoms with van der Waals surface area (Å²) in [5.41, 5.74) is 7.43. The first-order chi connectivity index (χ1) is 9.18. The summed E-state index contributed by atoms with van der Waals surface area (Å²) in [6.07, 6.45) is 1.74. The number of aromatic nitrogens is 1. The Morgan fingerprint density at radius 3 is 2.84 bits per heavy atom. The van der Waals surface area contributed by atoms with Crippen molar-refractivity contribution >= 4 is 16.6 Å². The van der Waals surface area contributed by atoms with Gasteiger partial charge in [-0.3, -0.25) is 4.98 Å². The van der Waals surface area contributed by atoms with Crippen LogP contribution in [0.15, 0.2) is 30.5 Å². The maximum absolute atomic E-state index is 5.91. The van der Waals surface area contributed by atoms with Gasteiger partial charge in [0.25, 0.3) is 0 Å². The molecular formula is C15H20N2O2. The number of rotatable bonds is 6. The molecule has 2 N–H and O–H groups in total. The molecule has 2 aromatic rings. The van der Waals surface area contributed by atoms with Crippen LogP contribution in [0.2, 0.25) is 0 Å². The molecule has 1 aromatic heterocycles. The molecule has 0 bridgehead atoms. The van der Waals surface area contributed by atoms with Crippen LogP contribution in [0.1, 0.15) is 13.8 Å². The summed E-state index contributed by atoms with van der Waals surface area (Å²) in [4.78, 5) is 4.32. The van der Waals surface area contributed by atoms with Crippen LogP contribution in [-0.2, 0) is 4.74 Å². The topological polar surface area (TPSA) is 57.4 Å². The minimum atomic E-state index is 0.516. The van der Waals surface area contributed by atoms with E-state index in [9.17, 15) is 0 Å². The Bertz CT molecular complexity index is 541. The highest BCUT2D eigenvalue weighted by Gasteiger charge is 2.05. The van der Waals surface area contributed by atoms with Crippen molar-refractivity contribution in [1.29, 1.82) is 0 Å². The predicted octanol–water partition coefficient (Wildman–Crippen LogP) is 2.87. The SMILES string of the molecule is CC(C)COCCOc1ccc(N)c2cccnc12. The number of hydrogen-bond donors (Lipinski definition) is 1. The van der Waals surface area contributed by atoms with Crippen molar-refractivity contribution in [3.63, 3.8) is 0 Å². The summed E-state index contributed by atoms with van der Waals surface area (Å²) >= 11 is 0. The number of benzene rings is 1. The molecule has 0 saturated carbocycles. The molecule has 0 aliphatic carbocycles. The number of nitrogens with zero attached hydrogens (tertiary/aromatic N) is 1. The Kier molecular flexibility index (Phi) is 4.58. The van der Waals surface area contributed by atoms with Crippen LogP contribution in [0.25, 0.3) is 10.9 Å². The summed E-state index contributed by atoms with van der Waals surface area (Å²) < 4.78 is 11.2. The van der Waals surface area contributed by atoms with Gasteiger partial charge in [-0.05, 0) is 30.2 Å². The third-order valence-electron chi connectivity index (χ3n) is 2.70. The zero-order valence-electron chi connectivity index (χ0n) is 11.4. The lowest BCUT2D eigenvalue weighted by atomic mass is 10.2. The summed E-state index contributed by atoms with van der Waals surface area (Å²) in [5, 5.41) is 0.920. The van der Waals surface area contributed by atoms with E-state index >= 15 is 0 Å². The average Bonchev–Trinajstić information content (AvgIpc) is 2.41. The highest BCUT2D eigenvalue weighted by Crippen LogP contribution is 2.27. The van der Waals surface area contributed by atoms with Crippen molar-refractivity contribution in [2.45, 2.75) is 13.8 Å². The van der Waals surface area contributed by atoms with Gasteiger partial charge in [0.2, 0.25) is 0 Å². The van der Waals surface area contributed by atoms with Crippen molar-refractivity contribution in [3.05, 3.63) is 30.5 Å². The fraction of sp³-hybridized carbons (Fsp3) is 0.400. The smallest absolute Gasteiger partial charge is 0.145 e. The normalized spacial score (nSPS) is 11.1. The molecular weight excluding hydrogens is 240 g/mol. The maximum Gasteiger partial charge on any atom is 0.145 e. The van der Waals surface area contributed by atoms with Gasteiger partial charge in [-0.15, -0.1) is 0 Å². The number of hydrogen-bond acceptors (Lipinski definition) is 4. The van der Waals surface area contributed by atoms with Crippen LogP contribution in [-0.4, -0.2) is 24.8 Å². The van der Waals surface area contributed by atoms with E-state index in [1.54, 1.807) is 6.20 Å². The lowest BCUT2D eigenvalue weighted by Crippen LogP contribution is -2.10. The Hall–Kier alpha value is -1.81. The summed E-state index contributed by atoms with van der Waals surface area (Å²) in [6.45, 7) is 6.10. The Balaban J connectivity index is 1.99. The molecule has 1 aromatic carbocycles. The van der Waals surface area contributed by atoms with Gasteiger partial charge in [0, 0.05) is 23.9 Å². The van der Waals surface area contributed by atoms with Crippen LogP contribution in [0.3, 0.4) is 0 Å². The van der Waals surface area contributed by atoms with Gasteiger partial charge in [0.1, 0.15) is 17.9 Å². The second-order valence-corrected chi connectivity index (χ2v) is 4.87. The molecule has 2 rings (SSSR count). The van der Waals surface area contributed by atoms with Gasteiger partial charge in [-0.2, -0.15) is 0 Å². The second-order valence-electron chi connectivity index (χ2n) is 4.87. The molecule has 0 radical (unpaired) electrons. The van der Waals surface area contributed by atoms with E-state index < -0.39 is 0 Å². The third-order valence-corrected chi connectivity index (χ3v) is 2.70. The second kappa shape index (κ2) is 6.38. The van der Waals surface area contributed by atoms with Gasteiger partial charge in [0.15, 0.2) is 0 Å². The van der Waals surface area contributed by atoms with Crippen LogP contribution >= 0.6 is 0 Å². The number of nitrogens with two attached hydrogens (primary N) is 1. The van der Waals surface area contributed by atoms with Crippen molar-refractivity contribution in [2.75, 3.05) is 25.6 Å². The summed E-state index contributed by atoms with van der Waals surface area (Å²) in [5.74, 6) is 1.29. The fourth-order valence-corrected chi connectivity index (χ4v) is 1.81. The number of pyridine rings is 1. The highest BCUT2D eigenvalue weighted by atomic mass is 16.5. The number of nitrogen functional groups attached to an aromatic ring is 1. The molecule has 102 valence electrons. The minimum absolute atomic E-state index is 0.516. The van der Waals surface area contributed by atoms with Gasteiger partial charge in [-0.1, -0.05) is 13.8 Å². The first kappa shape index (κ1) is 13.6. The van der Waals surface area contributed by atoms with E-state index in [0.29, 0.717) is 24.8 Å². The van der Waals surface area contributed by atoms with E-state index in [-0.39, 0.29) is 0 Å². The molecule has 0 amide bonds. The maximum atomic E-state index is 5.91. The van der Waals surface area contributed by atoms with E-state index in [1.165, 1.54) is 0 Å². The van der Waals surface area contributed by atoms with Crippen molar-refractivity contribution < 1.29 is 9.47 Å². The minimum Gasteiger partial charge on any atom is -0.489 e.